The summed E-state index contributed by atoms with van der Waals surface area (Å²) in [4.78, 5) is 0. The summed E-state index contributed by atoms with van der Waals surface area (Å²) < 4.78 is 0. The topological polar surface area (TPSA) is 0 Å². The smallest absolute Gasteiger partial charge is 0.0152 e. The van der Waals surface area contributed by atoms with Gasteiger partial charge in [0.15, 0.2) is 0 Å². The van der Waals surface area contributed by atoms with Crippen molar-refractivity contribution in [3.05, 3.63) is 60.2 Å². The van der Waals surface area contributed by atoms with Gasteiger partial charge in [0, 0.05) is 0 Å². The van der Waals surface area contributed by atoms with E-state index in [1.165, 1.54) is 99.8 Å². The molecule has 2 aromatic carbocycles. The van der Waals surface area contributed by atoms with Crippen LogP contribution in [-0.4, -0.2) is 0 Å². The Hall–Kier alpha value is -1.56. The number of hydrogen-bond donors (Lipinski definition) is 0. The summed E-state index contributed by atoms with van der Waals surface area (Å²) in [5, 5.41) is 2.82. The predicted molar refractivity (Wildman–Crippen MR) is 118 cm³/mol. The SMILES string of the molecule is CCC/C=C/CCCCCCCCCCCc1cccc2ccccc12. The monoisotopic (exact) mass is 350 g/mol. The highest BCUT2D eigenvalue weighted by Gasteiger charge is 2.00. The minimum Gasteiger partial charge on any atom is -0.0885 e. The molecule has 26 heavy (non-hydrogen) atoms. The average Bonchev–Trinajstić information content (AvgIpc) is 2.68. The van der Waals surface area contributed by atoms with Crippen molar-refractivity contribution in [3.63, 3.8) is 0 Å². The van der Waals surface area contributed by atoms with E-state index in [0.717, 1.165) is 0 Å². The molecule has 0 aliphatic heterocycles. The number of unbranched alkanes of at least 4 members (excludes halogenated alkanes) is 10. The summed E-state index contributed by atoms with van der Waals surface area (Å²) in [7, 11) is 0. The van der Waals surface area contributed by atoms with E-state index in [-0.39, 0.29) is 0 Å². The van der Waals surface area contributed by atoms with Gasteiger partial charge in [-0.2, -0.15) is 0 Å². The lowest BCUT2D eigenvalue weighted by Crippen LogP contribution is -1.88. The average molecular weight is 351 g/mol. The van der Waals surface area contributed by atoms with Crippen molar-refractivity contribution in [1.29, 1.82) is 0 Å². The predicted octanol–water partition coefficient (Wildman–Crippen LogP) is 8.64. The minimum absolute atomic E-state index is 1.23. The van der Waals surface area contributed by atoms with Crippen LogP contribution in [0.4, 0.5) is 0 Å². The lowest BCUT2D eigenvalue weighted by Gasteiger charge is -2.06. The molecule has 0 saturated heterocycles. The van der Waals surface area contributed by atoms with Crippen LogP contribution < -0.4 is 0 Å². The lowest BCUT2D eigenvalue weighted by molar-refractivity contribution is 0.560. The fourth-order valence-corrected chi connectivity index (χ4v) is 3.73. The number of benzene rings is 2. The Morgan fingerprint density at radius 2 is 1.23 bits per heavy atom. The zero-order chi connectivity index (χ0) is 18.3. The van der Waals surface area contributed by atoms with Crippen LogP contribution in [0.1, 0.15) is 89.5 Å². The van der Waals surface area contributed by atoms with Gasteiger partial charge in [-0.05, 0) is 48.4 Å². The molecule has 0 amide bonds. The first kappa shape index (κ1) is 20.7. The van der Waals surface area contributed by atoms with Gasteiger partial charge in [-0.3, -0.25) is 0 Å². The van der Waals surface area contributed by atoms with Crippen molar-refractivity contribution in [3.8, 4) is 0 Å². The molecule has 0 spiro atoms. The number of fused-ring (bicyclic) bond motifs is 1. The molecular weight excluding hydrogens is 312 g/mol. The third kappa shape index (κ3) is 8.21. The Morgan fingerprint density at radius 1 is 0.615 bits per heavy atom. The maximum atomic E-state index is 2.37. The maximum absolute atomic E-state index is 2.37. The van der Waals surface area contributed by atoms with Gasteiger partial charge in [-0.15, -0.1) is 0 Å². The summed E-state index contributed by atoms with van der Waals surface area (Å²) in [5.74, 6) is 0. The molecule has 0 aromatic heterocycles. The van der Waals surface area contributed by atoms with Crippen LogP contribution >= 0.6 is 0 Å². The van der Waals surface area contributed by atoms with E-state index in [1.807, 2.05) is 0 Å². The Bertz CT molecular complexity index is 617. The van der Waals surface area contributed by atoms with E-state index in [2.05, 4.69) is 61.5 Å². The van der Waals surface area contributed by atoms with Gasteiger partial charge in [0.1, 0.15) is 0 Å². The van der Waals surface area contributed by atoms with Crippen molar-refractivity contribution in [2.45, 2.75) is 90.4 Å². The lowest BCUT2D eigenvalue weighted by atomic mass is 9.99. The molecule has 2 rings (SSSR count). The zero-order valence-electron chi connectivity index (χ0n) is 16.9. The molecule has 0 heterocycles. The molecule has 2 aromatic rings. The van der Waals surface area contributed by atoms with Crippen LogP contribution in [0.15, 0.2) is 54.6 Å². The Morgan fingerprint density at radius 3 is 2.00 bits per heavy atom. The van der Waals surface area contributed by atoms with Gasteiger partial charge in [-0.25, -0.2) is 0 Å². The zero-order valence-corrected chi connectivity index (χ0v) is 16.9. The first-order valence-electron chi connectivity index (χ1n) is 11.0. The molecule has 0 radical (unpaired) electrons. The molecule has 0 N–H and O–H groups in total. The molecular formula is C26H38. The summed E-state index contributed by atoms with van der Waals surface area (Å²) in [6.45, 7) is 2.24. The summed E-state index contributed by atoms with van der Waals surface area (Å²) in [6.07, 6.45) is 22.4. The standard InChI is InChI=1S/C26H38/c1-2-3-4-5-6-7-8-9-10-11-12-13-14-15-19-24-21-18-22-25-20-16-17-23-26(24)25/h4-5,16-18,20-23H,2-3,6-15,19H2,1H3/b5-4+. The second-order valence-corrected chi connectivity index (χ2v) is 7.62. The first-order valence-corrected chi connectivity index (χ1v) is 11.0. The van der Waals surface area contributed by atoms with E-state index in [0.29, 0.717) is 0 Å². The Labute approximate surface area is 161 Å². The van der Waals surface area contributed by atoms with Gasteiger partial charge >= 0.3 is 0 Å². The minimum atomic E-state index is 1.23. The fourth-order valence-electron chi connectivity index (χ4n) is 3.73. The molecule has 0 aliphatic carbocycles. The molecule has 0 fully saturated rings. The van der Waals surface area contributed by atoms with E-state index in [4.69, 9.17) is 0 Å². The fraction of sp³-hybridized carbons (Fsp3) is 0.538. The summed E-state index contributed by atoms with van der Waals surface area (Å²) >= 11 is 0. The third-order valence-corrected chi connectivity index (χ3v) is 5.32. The molecule has 0 bridgehead atoms. The summed E-state index contributed by atoms with van der Waals surface area (Å²) in [5.41, 5.74) is 1.52. The summed E-state index contributed by atoms with van der Waals surface area (Å²) in [6, 6.07) is 15.5. The highest BCUT2D eigenvalue weighted by molar-refractivity contribution is 5.85. The van der Waals surface area contributed by atoms with Crippen LogP contribution in [0.2, 0.25) is 0 Å². The number of allylic oxidation sites excluding steroid dienone is 2. The van der Waals surface area contributed by atoms with Crippen LogP contribution in [0, 0.1) is 0 Å². The van der Waals surface area contributed by atoms with E-state index < -0.39 is 0 Å². The second-order valence-electron chi connectivity index (χ2n) is 7.62. The van der Waals surface area contributed by atoms with Gasteiger partial charge in [0.2, 0.25) is 0 Å². The normalized spacial score (nSPS) is 11.6. The van der Waals surface area contributed by atoms with Gasteiger partial charge in [-0.1, -0.05) is 113 Å². The molecule has 0 atom stereocenters. The maximum Gasteiger partial charge on any atom is -0.0152 e. The second kappa shape index (κ2) is 13.6. The van der Waals surface area contributed by atoms with Crippen LogP contribution in [0.5, 0.6) is 0 Å². The van der Waals surface area contributed by atoms with Gasteiger partial charge < -0.3 is 0 Å². The van der Waals surface area contributed by atoms with Crippen LogP contribution in [0.25, 0.3) is 10.8 Å². The Kier molecular flexibility index (Phi) is 10.9. The van der Waals surface area contributed by atoms with E-state index in [9.17, 15) is 0 Å². The molecule has 0 heteroatoms. The van der Waals surface area contributed by atoms with Crippen molar-refractivity contribution in [2.24, 2.45) is 0 Å². The van der Waals surface area contributed by atoms with Gasteiger partial charge in [0.25, 0.3) is 0 Å². The van der Waals surface area contributed by atoms with Crippen molar-refractivity contribution in [1.82, 2.24) is 0 Å². The quantitative estimate of drug-likeness (QED) is 0.236. The number of aryl methyl sites for hydroxylation is 1. The Balaban J connectivity index is 1.45. The highest BCUT2D eigenvalue weighted by Crippen LogP contribution is 2.21. The van der Waals surface area contributed by atoms with Crippen LogP contribution in [0.3, 0.4) is 0 Å². The van der Waals surface area contributed by atoms with Crippen molar-refractivity contribution >= 4 is 10.8 Å². The largest absolute Gasteiger partial charge is 0.0885 e. The van der Waals surface area contributed by atoms with Gasteiger partial charge in [0.05, 0.1) is 0 Å². The van der Waals surface area contributed by atoms with Crippen molar-refractivity contribution in [2.75, 3.05) is 0 Å². The van der Waals surface area contributed by atoms with E-state index in [1.54, 1.807) is 0 Å². The number of rotatable bonds is 14. The third-order valence-electron chi connectivity index (χ3n) is 5.32. The highest BCUT2D eigenvalue weighted by atomic mass is 14.1. The molecule has 0 nitrogen and oxygen atoms in total. The molecule has 142 valence electrons. The molecule has 0 saturated carbocycles. The van der Waals surface area contributed by atoms with E-state index >= 15 is 0 Å². The molecule has 0 unspecified atom stereocenters. The molecule has 0 aliphatic rings. The first-order chi connectivity index (χ1) is 12.9. The van der Waals surface area contributed by atoms with Crippen LogP contribution in [-0.2, 0) is 6.42 Å². The van der Waals surface area contributed by atoms with Crippen molar-refractivity contribution < 1.29 is 0 Å². The number of hydrogen-bond acceptors (Lipinski definition) is 0.